The van der Waals surface area contributed by atoms with Crippen molar-refractivity contribution in [2.45, 2.75) is 19.5 Å². The van der Waals surface area contributed by atoms with Crippen LogP contribution in [0.1, 0.15) is 27.0 Å². The summed E-state index contributed by atoms with van der Waals surface area (Å²) in [5.41, 5.74) is 3.98. The lowest BCUT2D eigenvalue weighted by Gasteiger charge is -2.29. The highest BCUT2D eigenvalue weighted by atomic mass is 35.5. The van der Waals surface area contributed by atoms with Gasteiger partial charge in [0, 0.05) is 24.7 Å². The number of fused-ring (bicyclic) bond motifs is 1. The van der Waals surface area contributed by atoms with Gasteiger partial charge in [0.2, 0.25) is 0 Å². The Bertz CT molecular complexity index is 684. The van der Waals surface area contributed by atoms with Crippen molar-refractivity contribution >= 4 is 17.6 Å². The Hall–Kier alpha value is -1.84. The maximum absolute atomic E-state index is 10.9. The summed E-state index contributed by atoms with van der Waals surface area (Å²) >= 11 is 6.20. The molecule has 0 bridgehead atoms. The highest BCUT2D eigenvalue weighted by Gasteiger charge is 2.17. The number of carboxylic acid groups (broad SMARTS) is 1. The first-order valence-corrected chi connectivity index (χ1v) is 7.32. The van der Waals surface area contributed by atoms with E-state index in [4.69, 9.17) is 16.7 Å². The van der Waals surface area contributed by atoms with Gasteiger partial charge in [-0.25, -0.2) is 4.79 Å². The molecule has 0 saturated carbocycles. The summed E-state index contributed by atoms with van der Waals surface area (Å²) in [7, 11) is 0. The quantitative estimate of drug-likeness (QED) is 0.942. The van der Waals surface area contributed by atoms with Gasteiger partial charge in [-0.05, 0) is 35.2 Å². The molecule has 21 heavy (non-hydrogen) atoms. The highest BCUT2D eigenvalue weighted by Crippen LogP contribution is 2.24. The first kappa shape index (κ1) is 14.1. The number of nitrogens with zero attached hydrogens (tertiary/aromatic N) is 1. The fourth-order valence-corrected chi connectivity index (χ4v) is 2.98. The number of hydrogen-bond acceptors (Lipinski definition) is 2. The third kappa shape index (κ3) is 3.09. The van der Waals surface area contributed by atoms with Crippen LogP contribution in [0.25, 0.3) is 0 Å². The summed E-state index contributed by atoms with van der Waals surface area (Å²) in [4.78, 5) is 13.3. The van der Waals surface area contributed by atoms with E-state index in [0.717, 1.165) is 31.6 Å². The van der Waals surface area contributed by atoms with Crippen LogP contribution in [0.3, 0.4) is 0 Å². The van der Waals surface area contributed by atoms with Gasteiger partial charge in [-0.15, -0.1) is 0 Å². The van der Waals surface area contributed by atoms with Crippen LogP contribution in [-0.4, -0.2) is 22.5 Å². The monoisotopic (exact) mass is 301 g/mol. The van der Waals surface area contributed by atoms with Gasteiger partial charge in [0.15, 0.2) is 0 Å². The molecule has 0 aliphatic carbocycles. The van der Waals surface area contributed by atoms with Crippen LogP contribution in [0.5, 0.6) is 0 Å². The van der Waals surface area contributed by atoms with E-state index >= 15 is 0 Å². The molecule has 1 aliphatic heterocycles. The van der Waals surface area contributed by atoms with E-state index in [-0.39, 0.29) is 5.56 Å². The summed E-state index contributed by atoms with van der Waals surface area (Å²) in [5.74, 6) is -0.949. The minimum absolute atomic E-state index is 0.229. The number of rotatable bonds is 3. The maximum Gasteiger partial charge on any atom is 0.335 e. The molecule has 0 unspecified atom stereocenters. The summed E-state index contributed by atoms with van der Waals surface area (Å²) in [6.07, 6.45) is 1.04. The predicted octanol–water partition coefficient (Wildman–Crippen LogP) is 3.60. The van der Waals surface area contributed by atoms with Crippen molar-refractivity contribution in [1.29, 1.82) is 0 Å². The first-order valence-electron chi connectivity index (χ1n) is 6.94. The zero-order chi connectivity index (χ0) is 14.8. The Morgan fingerprint density at radius 2 is 1.95 bits per heavy atom. The SMILES string of the molecule is O=C(O)c1ccc(CN2CCc3ccccc3C2)c(Cl)c1. The van der Waals surface area contributed by atoms with E-state index in [2.05, 4.69) is 29.2 Å². The molecule has 2 aromatic rings. The van der Waals surface area contributed by atoms with Gasteiger partial charge in [-0.3, -0.25) is 4.90 Å². The van der Waals surface area contributed by atoms with Crippen LogP contribution >= 0.6 is 11.6 Å². The Labute approximate surface area is 128 Å². The van der Waals surface area contributed by atoms with Gasteiger partial charge in [-0.1, -0.05) is 41.9 Å². The van der Waals surface area contributed by atoms with Crippen molar-refractivity contribution in [3.05, 3.63) is 69.7 Å². The molecular weight excluding hydrogens is 286 g/mol. The van der Waals surface area contributed by atoms with Crippen molar-refractivity contribution in [3.63, 3.8) is 0 Å². The molecule has 3 nitrogen and oxygen atoms in total. The smallest absolute Gasteiger partial charge is 0.335 e. The number of hydrogen-bond donors (Lipinski definition) is 1. The van der Waals surface area contributed by atoms with E-state index in [0.29, 0.717) is 5.02 Å². The topological polar surface area (TPSA) is 40.5 Å². The molecular formula is C17H16ClNO2. The number of aromatic carboxylic acids is 1. The average Bonchev–Trinajstić information content (AvgIpc) is 2.49. The van der Waals surface area contributed by atoms with Crippen molar-refractivity contribution in [3.8, 4) is 0 Å². The second-order valence-corrected chi connectivity index (χ2v) is 5.75. The van der Waals surface area contributed by atoms with Gasteiger partial charge in [-0.2, -0.15) is 0 Å². The summed E-state index contributed by atoms with van der Waals surface area (Å²) in [6, 6.07) is 13.4. The van der Waals surface area contributed by atoms with Crippen molar-refractivity contribution in [2.75, 3.05) is 6.54 Å². The third-order valence-corrected chi connectivity index (χ3v) is 4.26. The molecule has 2 aromatic carbocycles. The zero-order valence-corrected chi connectivity index (χ0v) is 12.3. The molecule has 0 spiro atoms. The fourth-order valence-electron chi connectivity index (χ4n) is 2.74. The van der Waals surface area contributed by atoms with Gasteiger partial charge >= 0.3 is 5.97 Å². The molecule has 3 rings (SSSR count). The molecule has 0 aromatic heterocycles. The van der Waals surface area contributed by atoms with Gasteiger partial charge < -0.3 is 5.11 Å². The highest BCUT2D eigenvalue weighted by molar-refractivity contribution is 6.31. The standard InChI is InChI=1S/C17H16ClNO2/c18-16-9-13(17(20)21)5-6-15(16)11-19-8-7-12-3-1-2-4-14(12)10-19/h1-6,9H,7-8,10-11H2,(H,20,21). The number of carboxylic acids is 1. The van der Waals surface area contributed by atoms with E-state index in [1.54, 1.807) is 6.07 Å². The minimum Gasteiger partial charge on any atom is -0.478 e. The van der Waals surface area contributed by atoms with Crippen molar-refractivity contribution < 1.29 is 9.90 Å². The largest absolute Gasteiger partial charge is 0.478 e. The third-order valence-electron chi connectivity index (χ3n) is 3.90. The molecule has 0 atom stereocenters. The molecule has 0 saturated heterocycles. The Kier molecular flexibility index (Phi) is 3.95. The Morgan fingerprint density at radius 3 is 2.67 bits per heavy atom. The van der Waals surface area contributed by atoms with Gasteiger partial charge in [0.05, 0.1) is 5.56 Å². The lowest BCUT2D eigenvalue weighted by molar-refractivity contribution is 0.0697. The molecule has 1 aliphatic rings. The first-order chi connectivity index (χ1) is 10.1. The normalized spacial score (nSPS) is 14.7. The van der Waals surface area contributed by atoms with Gasteiger partial charge in [0.25, 0.3) is 0 Å². The lowest BCUT2D eigenvalue weighted by Crippen LogP contribution is -2.30. The van der Waals surface area contributed by atoms with E-state index in [1.165, 1.54) is 17.2 Å². The predicted molar refractivity (Wildman–Crippen MR) is 82.7 cm³/mol. The minimum atomic E-state index is -0.949. The summed E-state index contributed by atoms with van der Waals surface area (Å²) in [6.45, 7) is 2.65. The van der Waals surface area contributed by atoms with Crippen molar-refractivity contribution in [2.24, 2.45) is 0 Å². The van der Waals surface area contributed by atoms with Crippen LogP contribution < -0.4 is 0 Å². The van der Waals surface area contributed by atoms with E-state index in [9.17, 15) is 4.79 Å². The molecule has 0 fully saturated rings. The van der Waals surface area contributed by atoms with Gasteiger partial charge in [0.1, 0.15) is 0 Å². The van der Waals surface area contributed by atoms with Crippen LogP contribution in [0.4, 0.5) is 0 Å². The Balaban J connectivity index is 1.75. The second kappa shape index (κ2) is 5.88. The molecule has 108 valence electrons. The number of benzene rings is 2. The summed E-state index contributed by atoms with van der Waals surface area (Å²) < 4.78 is 0. The van der Waals surface area contributed by atoms with Crippen LogP contribution in [0, 0.1) is 0 Å². The molecule has 1 N–H and O–H groups in total. The molecule has 4 heteroatoms. The maximum atomic E-state index is 10.9. The molecule has 0 amide bonds. The second-order valence-electron chi connectivity index (χ2n) is 5.34. The van der Waals surface area contributed by atoms with E-state index in [1.807, 2.05) is 6.07 Å². The Morgan fingerprint density at radius 1 is 1.19 bits per heavy atom. The average molecular weight is 302 g/mol. The fraction of sp³-hybridized carbons (Fsp3) is 0.235. The molecule has 0 radical (unpaired) electrons. The van der Waals surface area contributed by atoms with Crippen LogP contribution in [0.2, 0.25) is 5.02 Å². The van der Waals surface area contributed by atoms with Crippen LogP contribution in [0.15, 0.2) is 42.5 Å². The summed E-state index contributed by atoms with van der Waals surface area (Å²) in [5, 5.41) is 9.48. The van der Waals surface area contributed by atoms with Crippen molar-refractivity contribution in [1.82, 2.24) is 4.90 Å². The van der Waals surface area contributed by atoms with Crippen LogP contribution in [-0.2, 0) is 19.5 Å². The number of halogens is 1. The van der Waals surface area contributed by atoms with E-state index < -0.39 is 5.97 Å². The zero-order valence-electron chi connectivity index (χ0n) is 11.6. The number of carbonyl (C=O) groups is 1. The molecule has 1 heterocycles. The lowest BCUT2D eigenvalue weighted by atomic mass is 9.99.